The van der Waals surface area contributed by atoms with Crippen molar-refractivity contribution in [2.75, 3.05) is 13.1 Å². The second kappa shape index (κ2) is 8.92. The van der Waals surface area contributed by atoms with E-state index in [9.17, 15) is 19.5 Å². The fourth-order valence-corrected chi connectivity index (χ4v) is 4.36. The van der Waals surface area contributed by atoms with Gasteiger partial charge in [0.15, 0.2) is 0 Å². The number of nitrogens with zero attached hydrogens (tertiary/aromatic N) is 2. The number of hydrogen-bond donors (Lipinski definition) is 1. The third-order valence-corrected chi connectivity index (χ3v) is 5.89. The molecule has 1 fully saturated rings. The average molecular weight is 423 g/mol. The SMILES string of the molecule is Cc1cc(C)cc(CC(=O)N2CCC2(C)C(=O)N(CC(=O)O)Cc2cccc(C)c2)c1. The van der Waals surface area contributed by atoms with E-state index in [0.717, 1.165) is 27.8 Å². The number of likely N-dealkylation sites (tertiary alicyclic amines) is 1. The molecule has 0 aromatic heterocycles. The van der Waals surface area contributed by atoms with E-state index in [2.05, 4.69) is 6.07 Å². The van der Waals surface area contributed by atoms with Gasteiger partial charge in [0.25, 0.3) is 0 Å². The number of amides is 2. The van der Waals surface area contributed by atoms with Crippen LogP contribution >= 0.6 is 0 Å². The van der Waals surface area contributed by atoms with Gasteiger partial charge in [-0.15, -0.1) is 0 Å². The van der Waals surface area contributed by atoms with Gasteiger partial charge in [0.2, 0.25) is 11.8 Å². The molecule has 0 bridgehead atoms. The summed E-state index contributed by atoms with van der Waals surface area (Å²) in [7, 11) is 0. The minimum atomic E-state index is -1.07. The number of hydrogen-bond acceptors (Lipinski definition) is 3. The molecule has 0 radical (unpaired) electrons. The number of aliphatic carboxylic acids is 1. The van der Waals surface area contributed by atoms with E-state index in [-0.39, 0.29) is 24.8 Å². The van der Waals surface area contributed by atoms with Crippen molar-refractivity contribution < 1.29 is 19.5 Å². The summed E-state index contributed by atoms with van der Waals surface area (Å²) in [6, 6.07) is 13.7. The van der Waals surface area contributed by atoms with Crippen LogP contribution in [0.4, 0.5) is 0 Å². The van der Waals surface area contributed by atoms with Crippen LogP contribution < -0.4 is 0 Å². The molecule has 1 aliphatic heterocycles. The first-order chi connectivity index (χ1) is 14.6. The number of benzene rings is 2. The van der Waals surface area contributed by atoms with E-state index >= 15 is 0 Å². The average Bonchev–Trinajstić information content (AvgIpc) is 2.64. The summed E-state index contributed by atoms with van der Waals surface area (Å²) in [4.78, 5) is 40.8. The summed E-state index contributed by atoms with van der Waals surface area (Å²) in [6.07, 6.45) is 0.747. The molecule has 6 heteroatoms. The minimum absolute atomic E-state index is 0.113. The van der Waals surface area contributed by atoms with E-state index in [1.807, 2.05) is 57.2 Å². The predicted octanol–water partition coefficient (Wildman–Crippen LogP) is 3.26. The van der Waals surface area contributed by atoms with Crippen molar-refractivity contribution in [3.63, 3.8) is 0 Å². The van der Waals surface area contributed by atoms with Crippen LogP contribution in [0, 0.1) is 20.8 Å². The van der Waals surface area contributed by atoms with Crippen molar-refractivity contribution in [3.8, 4) is 0 Å². The first-order valence-corrected chi connectivity index (χ1v) is 10.5. The van der Waals surface area contributed by atoms with Gasteiger partial charge in [-0.3, -0.25) is 14.4 Å². The van der Waals surface area contributed by atoms with Crippen LogP contribution in [0.15, 0.2) is 42.5 Å². The van der Waals surface area contributed by atoms with E-state index in [4.69, 9.17) is 0 Å². The number of carbonyl (C=O) groups excluding carboxylic acids is 2. The third-order valence-electron chi connectivity index (χ3n) is 5.89. The highest BCUT2D eigenvalue weighted by Gasteiger charge is 2.51. The molecule has 1 saturated heterocycles. The van der Waals surface area contributed by atoms with Crippen LogP contribution in [-0.2, 0) is 27.3 Å². The fourth-order valence-electron chi connectivity index (χ4n) is 4.36. The highest BCUT2D eigenvalue weighted by Crippen LogP contribution is 2.33. The van der Waals surface area contributed by atoms with E-state index in [0.29, 0.717) is 13.0 Å². The quantitative estimate of drug-likeness (QED) is 0.743. The molecule has 2 aromatic carbocycles. The zero-order valence-electron chi connectivity index (χ0n) is 18.6. The number of carboxylic acid groups (broad SMARTS) is 1. The van der Waals surface area contributed by atoms with Crippen molar-refractivity contribution in [1.29, 1.82) is 0 Å². The second-order valence-electron chi connectivity index (χ2n) is 8.79. The molecule has 0 aliphatic carbocycles. The number of aryl methyl sites for hydroxylation is 3. The first-order valence-electron chi connectivity index (χ1n) is 10.5. The number of carbonyl (C=O) groups is 3. The Morgan fingerprint density at radius 3 is 2.19 bits per heavy atom. The number of carboxylic acids is 1. The minimum Gasteiger partial charge on any atom is -0.480 e. The Balaban J connectivity index is 1.78. The molecule has 2 aromatic rings. The Morgan fingerprint density at radius 2 is 1.65 bits per heavy atom. The lowest BCUT2D eigenvalue weighted by Gasteiger charge is -2.50. The van der Waals surface area contributed by atoms with Crippen molar-refractivity contribution in [1.82, 2.24) is 9.80 Å². The maximum Gasteiger partial charge on any atom is 0.323 e. The Hall–Kier alpha value is -3.15. The topological polar surface area (TPSA) is 77.9 Å². The third kappa shape index (κ3) is 5.13. The van der Waals surface area contributed by atoms with Crippen molar-refractivity contribution in [3.05, 3.63) is 70.3 Å². The standard InChI is InChI=1S/C25H30N2O4/c1-17-6-5-7-20(11-17)15-26(16-23(29)30)24(31)25(4)8-9-27(25)22(28)14-21-12-18(2)10-19(3)13-21/h5-7,10-13H,8-9,14-16H2,1-4H3,(H,29,30). The zero-order chi connectivity index (χ0) is 22.8. The van der Waals surface area contributed by atoms with Crippen LogP contribution in [0.3, 0.4) is 0 Å². The number of rotatable bonds is 7. The maximum atomic E-state index is 13.4. The molecule has 0 saturated carbocycles. The zero-order valence-corrected chi connectivity index (χ0v) is 18.6. The Morgan fingerprint density at radius 1 is 1.00 bits per heavy atom. The Kier molecular flexibility index (Phi) is 6.48. The first kappa shape index (κ1) is 22.5. The molecule has 1 N–H and O–H groups in total. The van der Waals surface area contributed by atoms with E-state index in [1.54, 1.807) is 11.8 Å². The van der Waals surface area contributed by atoms with Crippen LogP contribution in [0.2, 0.25) is 0 Å². The molecule has 164 valence electrons. The van der Waals surface area contributed by atoms with Gasteiger partial charge >= 0.3 is 5.97 Å². The molecule has 1 heterocycles. The molecule has 1 atom stereocenters. The van der Waals surface area contributed by atoms with Gasteiger partial charge in [0, 0.05) is 13.1 Å². The molecular formula is C25H30N2O4. The van der Waals surface area contributed by atoms with E-state index < -0.39 is 18.1 Å². The fraction of sp³-hybridized carbons (Fsp3) is 0.400. The molecule has 31 heavy (non-hydrogen) atoms. The monoisotopic (exact) mass is 422 g/mol. The summed E-state index contributed by atoms with van der Waals surface area (Å²) in [5, 5.41) is 9.37. The summed E-state index contributed by atoms with van der Waals surface area (Å²) in [5.74, 6) is -1.51. The molecule has 2 amide bonds. The Labute approximate surface area is 183 Å². The highest BCUT2D eigenvalue weighted by atomic mass is 16.4. The van der Waals surface area contributed by atoms with Gasteiger partial charge in [-0.25, -0.2) is 0 Å². The molecular weight excluding hydrogens is 392 g/mol. The van der Waals surface area contributed by atoms with E-state index in [1.165, 1.54) is 4.90 Å². The predicted molar refractivity (Wildman–Crippen MR) is 119 cm³/mol. The molecule has 6 nitrogen and oxygen atoms in total. The highest BCUT2D eigenvalue weighted by molar-refractivity contribution is 5.94. The lowest BCUT2D eigenvalue weighted by atomic mass is 9.84. The van der Waals surface area contributed by atoms with Gasteiger partial charge in [0.05, 0.1) is 6.42 Å². The molecule has 3 rings (SSSR count). The van der Waals surface area contributed by atoms with Crippen molar-refractivity contribution in [2.45, 2.75) is 52.6 Å². The Bertz CT molecular complexity index is 996. The summed E-state index contributed by atoms with van der Waals surface area (Å²) in [5.41, 5.74) is 4.00. The van der Waals surface area contributed by atoms with Crippen LogP contribution in [0.5, 0.6) is 0 Å². The van der Waals surface area contributed by atoms with Crippen LogP contribution in [0.1, 0.15) is 41.2 Å². The molecule has 1 unspecified atom stereocenters. The maximum absolute atomic E-state index is 13.4. The van der Waals surface area contributed by atoms with Gasteiger partial charge in [0.1, 0.15) is 12.1 Å². The molecule has 0 spiro atoms. The normalized spacial score (nSPS) is 17.7. The van der Waals surface area contributed by atoms with Crippen molar-refractivity contribution in [2.24, 2.45) is 0 Å². The van der Waals surface area contributed by atoms with Crippen LogP contribution in [-0.4, -0.2) is 51.3 Å². The van der Waals surface area contributed by atoms with Crippen molar-refractivity contribution >= 4 is 17.8 Å². The van der Waals surface area contributed by atoms with Gasteiger partial charge < -0.3 is 14.9 Å². The summed E-state index contributed by atoms with van der Waals surface area (Å²) in [6.45, 7) is 7.97. The molecule has 1 aliphatic rings. The van der Waals surface area contributed by atoms with Gasteiger partial charge in [-0.2, -0.15) is 0 Å². The van der Waals surface area contributed by atoms with Gasteiger partial charge in [-0.05, 0) is 45.2 Å². The lowest BCUT2D eigenvalue weighted by Crippen LogP contribution is -2.68. The summed E-state index contributed by atoms with van der Waals surface area (Å²) >= 11 is 0. The van der Waals surface area contributed by atoms with Gasteiger partial charge in [-0.1, -0.05) is 59.2 Å². The smallest absolute Gasteiger partial charge is 0.323 e. The lowest BCUT2D eigenvalue weighted by molar-refractivity contribution is -0.165. The van der Waals surface area contributed by atoms with Crippen LogP contribution in [0.25, 0.3) is 0 Å². The summed E-state index contributed by atoms with van der Waals surface area (Å²) < 4.78 is 0. The largest absolute Gasteiger partial charge is 0.480 e. The second-order valence-corrected chi connectivity index (χ2v) is 8.79.